The maximum absolute atomic E-state index is 12.4. The second-order valence-electron chi connectivity index (χ2n) is 6.80. The number of hydrogen-bond donors (Lipinski definition) is 1. The van der Waals surface area contributed by atoms with Crippen LogP contribution >= 0.6 is 0 Å². The second-order valence-corrected chi connectivity index (χ2v) is 6.80. The zero-order chi connectivity index (χ0) is 20.3. The van der Waals surface area contributed by atoms with E-state index in [1.807, 2.05) is 43.3 Å². The molecule has 1 aliphatic heterocycles. The minimum Gasteiger partial charge on any atom is -0.497 e. The van der Waals surface area contributed by atoms with Gasteiger partial charge in [0.25, 0.3) is 11.8 Å². The molecule has 0 bridgehead atoms. The molecule has 1 heterocycles. The number of benzene rings is 2. The van der Waals surface area contributed by atoms with E-state index in [-0.39, 0.29) is 18.5 Å². The summed E-state index contributed by atoms with van der Waals surface area (Å²) in [4.78, 5) is 40.2. The van der Waals surface area contributed by atoms with Crippen molar-refractivity contribution in [2.75, 3.05) is 34.3 Å². The maximum Gasteiger partial charge on any atom is 0.262 e. The maximum atomic E-state index is 12.4. The van der Waals surface area contributed by atoms with Crippen molar-refractivity contribution in [2.45, 2.75) is 6.04 Å². The number of hydrogen-bond acceptors (Lipinski definition) is 5. The molecule has 28 heavy (non-hydrogen) atoms. The number of fused-ring (bicyclic) bond motifs is 1. The average Bonchev–Trinajstić information content (AvgIpc) is 2.93. The van der Waals surface area contributed by atoms with Crippen molar-refractivity contribution in [1.29, 1.82) is 0 Å². The lowest BCUT2D eigenvalue weighted by molar-refractivity contribution is -0.121. The Morgan fingerprint density at radius 3 is 2.29 bits per heavy atom. The Morgan fingerprint density at radius 1 is 1.07 bits per heavy atom. The molecule has 0 radical (unpaired) electrons. The van der Waals surface area contributed by atoms with Gasteiger partial charge in [-0.2, -0.15) is 0 Å². The van der Waals surface area contributed by atoms with Crippen LogP contribution in [0.2, 0.25) is 0 Å². The summed E-state index contributed by atoms with van der Waals surface area (Å²) in [6.07, 6.45) is 0. The van der Waals surface area contributed by atoms with E-state index in [0.29, 0.717) is 17.7 Å². The van der Waals surface area contributed by atoms with Crippen LogP contribution in [0.25, 0.3) is 0 Å². The Labute approximate surface area is 163 Å². The molecule has 0 aliphatic carbocycles. The predicted molar refractivity (Wildman–Crippen MR) is 104 cm³/mol. The first-order valence-corrected chi connectivity index (χ1v) is 8.94. The standard InChI is InChI=1S/C21H23N3O4/c1-23(2)18(14-7-6-8-15(11-14)28-3)12-22-19(25)13-24-20(26)16-9-4-5-10-17(16)21(24)27/h4-11,18H,12-13H2,1-3H3,(H,22,25)/t18-/m0/s1. The van der Waals surface area contributed by atoms with Gasteiger partial charge in [-0.1, -0.05) is 24.3 Å². The van der Waals surface area contributed by atoms with Gasteiger partial charge in [0.2, 0.25) is 5.91 Å². The molecule has 0 fully saturated rings. The SMILES string of the molecule is COc1cccc([C@H](CNC(=O)CN2C(=O)c3ccccc3C2=O)N(C)C)c1. The molecule has 146 valence electrons. The van der Waals surface area contributed by atoms with Crippen molar-refractivity contribution in [2.24, 2.45) is 0 Å². The van der Waals surface area contributed by atoms with Crippen molar-refractivity contribution in [3.8, 4) is 5.75 Å². The van der Waals surface area contributed by atoms with E-state index < -0.39 is 11.8 Å². The predicted octanol–water partition coefficient (Wildman–Crippen LogP) is 1.71. The smallest absolute Gasteiger partial charge is 0.262 e. The van der Waals surface area contributed by atoms with Crippen molar-refractivity contribution >= 4 is 17.7 Å². The fourth-order valence-electron chi connectivity index (χ4n) is 3.24. The van der Waals surface area contributed by atoms with E-state index >= 15 is 0 Å². The molecule has 7 heteroatoms. The highest BCUT2D eigenvalue weighted by Crippen LogP contribution is 2.23. The quantitative estimate of drug-likeness (QED) is 0.739. The zero-order valence-electron chi connectivity index (χ0n) is 16.1. The van der Waals surface area contributed by atoms with Gasteiger partial charge in [-0.3, -0.25) is 19.3 Å². The highest BCUT2D eigenvalue weighted by molar-refractivity contribution is 6.22. The molecule has 1 aliphatic rings. The lowest BCUT2D eigenvalue weighted by Crippen LogP contribution is -2.42. The number of nitrogens with one attached hydrogen (secondary N) is 1. The van der Waals surface area contributed by atoms with E-state index in [4.69, 9.17) is 4.74 Å². The lowest BCUT2D eigenvalue weighted by atomic mass is 10.1. The fraction of sp³-hybridized carbons (Fsp3) is 0.286. The molecule has 0 unspecified atom stereocenters. The summed E-state index contributed by atoms with van der Waals surface area (Å²) in [7, 11) is 5.44. The highest BCUT2D eigenvalue weighted by Gasteiger charge is 2.36. The van der Waals surface area contributed by atoms with Crippen molar-refractivity contribution in [1.82, 2.24) is 15.1 Å². The number of amides is 3. The Morgan fingerprint density at radius 2 is 1.71 bits per heavy atom. The summed E-state index contributed by atoms with van der Waals surface area (Å²) in [5.74, 6) is -0.522. The molecule has 1 atom stereocenters. The fourth-order valence-corrected chi connectivity index (χ4v) is 3.24. The minimum atomic E-state index is -0.437. The summed E-state index contributed by atoms with van der Waals surface area (Å²) in [6, 6.07) is 14.1. The van der Waals surface area contributed by atoms with E-state index in [0.717, 1.165) is 16.2 Å². The summed E-state index contributed by atoms with van der Waals surface area (Å²) in [5, 5.41) is 2.83. The van der Waals surface area contributed by atoms with Crippen LogP contribution in [0.3, 0.4) is 0 Å². The Kier molecular flexibility index (Phi) is 5.75. The van der Waals surface area contributed by atoms with E-state index in [1.165, 1.54) is 0 Å². The molecular formula is C21H23N3O4. The molecule has 3 amide bonds. The van der Waals surface area contributed by atoms with Crippen LogP contribution in [0.4, 0.5) is 0 Å². The van der Waals surface area contributed by atoms with Gasteiger partial charge in [0.05, 0.1) is 24.3 Å². The third-order valence-electron chi connectivity index (χ3n) is 4.77. The van der Waals surface area contributed by atoms with Crippen LogP contribution in [-0.2, 0) is 4.79 Å². The number of likely N-dealkylation sites (N-methyl/N-ethyl adjacent to an activating group) is 1. The van der Waals surface area contributed by atoms with Crippen molar-refractivity contribution in [3.63, 3.8) is 0 Å². The number of rotatable bonds is 7. The second kappa shape index (κ2) is 8.22. The molecule has 0 saturated heterocycles. The first-order chi connectivity index (χ1) is 13.4. The Hall–Kier alpha value is -3.19. The third kappa shape index (κ3) is 3.89. The number of imide groups is 1. The van der Waals surface area contributed by atoms with Crippen LogP contribution in [0.15, 0.2) is 48.5 Å². The van der Waals surface area contributed by atoms with Gasteiger partial charge < -0.3 is 15.0 Å². The summed E-state index contributed by atoms with van der Waals surface area (Å²) in [6.45, 7) is 0.0345. The molecule has 0 saturated carbocycles. The molecule has 1 N–H and O–H groups in total. The first-order valence-electron chi connectivity index (χ1n) is 8.94. The number of carbonyl (C=O) groups is 3. The monoisotopic (exact) mass is 381 g/mol. The molecule has 2 aromatic carbocycles. The normalized spacial score (nSPS) is 14.2. The summed E-state index contributed by atoms with van der Waals surface area (Å²) < 4.78 is 5.27. The van der Waals surface area contributed by atoms with E-state index in [9.17, 15) is 14.4 Å². The van der Waals surface area contributed by atoms with Crippen molar-refractivity contribution in [3.05, 3.63) is 65.2 Å². The number of methoxy groups -OCH3 is 1. The molecule has 0 spiro atoms. The zero-order valence-corrected chi connectivity index (χ0v) is 16.1. The average molecular weight is 381 g/mol. The van der Waals surface area contributed by atoms with Crippen LogP contribution < -0.4 is 10.1 Å². The lowest BCUT2D eigenvalue weighted by Gasteiger charge is -2.26. The van der Waals surface area contributed by atoms with Gasteiger partial charge in [0.1, 0.15) is 12.3 Å². The number of ether oxygens (including phenoxy) is 1. The van der Waals surface area contributed by atoms with Crippen LogP contribution in [0.5, 0.6) is 5.75 Å². The van der Waals surface area contributed by atoms with Gasteiger partial charge in [-0.05, 0) is 43.9 Å². The highest BCUT2D eigenvalue weighted by atomic mass is 16.5. The van der Waals surface area contributed by atoms with E-state index in [1.54, 1.807) is 31.4 Å². The van der Waals surface area contributed by atoms with Gasteiger partial charge in [-0.15, -0.1) is 0 Å². The third-order valence-corrected chi connectivity index (χ3v) is 4.77. The minimum absolute atomic E-state index is 0.0822. The van der Waals surface area contributed by atoms with Crippen LogP contribution in [0.1, 0.15) is 32.3 Å². The van der Waals surface area contributed by atoms with Crippen LogP contribution in [0, 0.1) is 0 Å². The molecule has 7 nitrogen and oxygen atoms in total. The van der Waals surface area contributed by atoms with Gasteiger partial charge in [0.15, 0.2) is 0 Å². The van der Waals surface area contributed by atoms with Crippen molar-refractivity contribution < 1.29 is 19.1 Å². The molecule has 3 rings (SSSR count). The summed E-state index contributed by atoms with van der Waals surface area (Å²) >= 11 is 0. The van der Waals surface area contributed by atoms with E-state index in [2.05, 4.69) is 5.32 Å². The molecule has 2 aromatic rings. The Bertz CT molecular complexity index is 875. The van der Waals surface area contributed by atoms with Gasteiger partial charge >= 0.3 is 0 Å². The number of carbonyl (C=O) groups excluding carboxylic acids is 3. The van der Waals surface area contributed by atoms with Gasteiger partial charge in [0, 0.05) is 6.54 Å². The van der Waals surface area contributed by atoms with Gasteiger partial charge in [-0.25, -0.2) is 0 Å². The van der Waals surface area contributed by atoms with Crippen LogP contribution in [-0.4, -0.2) is 61.8 Å². The number of nitrogens with zero attached hydrogens (tertiary/aromatic N) is 2. The largest absolute Gasteiger partial charge is 0.497 e. The molecular weight excluding hydrogens is 358 g/mol. The first kappa shape index (κ1) is 19.6. The summed E-state index contributed by atoms with van der Waals surface area (Å²) in [5.41, 5.74) is 1.66. The Balaban J connectivity index is 1.64. The topological polar surface area (TPSA) is 79.0 Å². The molecule has 0 aromatic heterocycles.